The summed E-state index contributed by atoms with van der Waals surface area (Å²) in [5.74, 6) is -0.485. The second-order valence-corrected chi connectivity index (χ2v) is 4.88. The standard InChI is InChI=1S/C15H18FNO3/c1-11-10-12(2-3-13(11)16)14(18)4-5-15(19)17-6-8-20-9-7-17/h2-3,10H,4-9H2,1H3. The van der Waals surface area contributed by atoms with E-state index in [9.17, 15) is 14.0 Å². The summed E-state index contributed by atoms with van der Waals surface area (Å²) >= 11 is 0. The third-order valence-corrected chi connectivity index (χ3v) is 3.41. The van der Waals surface area contributed by atoms with Crippen molar-refractivity contribution in [3.8, 4) is 0 Å². The number of rotatable bonds is 4. The van der Waals surface area contributed by atoms with Crippen LogP contribution in [0.3, 0.4) is 0 Å². The molecule has 0 spiro atoms. The summed E-state index contributed by atoms with van der Waals surface area (Å²) < 4.78 is 18.3. The summed E-state index contributed by atoms with van der Waals surface area (Å²) in [6.45, 7) is 3.89. The van der Waals surface area contributed by atoms with Gasteiger partial charge >= 0.3 is 0 Å². The highest BCUT2D eigenvalue weighted by molar-refractivity contribution is 5.98. The fourth-order valence-electron chi connectivity index (χ4n) is 2.15. The van der Waals surface area contributed by atoms with Crippen LogP contribution in [0.2, 0.25) is 0 Å². The lowest BCUT2D eigenvalue weighted by Crippen LogP contribution is -2.40. The predicted molar refractivity (Wildman–Crippen MR) is 72.1 cm³/mol. The Kier molecular flexibility index (Phi) is 4.84. The van der Waals surface area contributed by atoms with Crippen molar-refractivity contribution in [2.45, 2.75) is 19.8 Å². The number of Topliss-reactive ketones (excluding diaryl/α,β-unsaturated/α-hetero) is 1. The van der Waals surface area contributed by atoms with E-state index in [0.717, 1.165) is 0 Å². The number of carbonyl (C=O) groups excluding carboxylic acids is 2. The lowest BCUT2D eigenvalue weighted by molar-refractivity contribution is -0.135. The number of amides is 1. The fraction of sp³-hybridized carbons (Fsp3) is 0.467. The summed E-state index contributed by atoms with van der Waals surface area (Å²) in [7, 11) is 0. The summed E-state index contributed by atoms with van der Waals surface area (Å²) in [4.78, 5) is 25.6. The summed E-state index contributed by atoms with van der Waals surface area (Å²) in [6.07, 6.45) is 0.344. The summed E-state index contributed by atoms with van der Waals surface area (Å²) in [5.41, 5.74) is 0.897. The van der Waals surface area contributed by atoms with E-state index in [1.54, 1.807) is 11.8 Å². The van der Waals surface area contributed by atoms with Crippen LogP contribution in [-0.4, -0.2) is 42.9 Å². The molecule has 1 heterocycles. The molecule has 1 aromatic rings. The molecule has 2 rings (SSSR count). The van der Waals surface area contributed by atoms with E-state index in [1.807, 2.05) is 0 Å². The number of hydrogen-bond acceptors (Lipinski definition) is 3. The van der Waals surface area contributed by atoms with Crippen LogP contribution in [0.25, 0.3) is 0 Å². The second kappa shape index (κ2) is 6.61. The SMILES string of the molecule is Cc1cc(C(=O)CCC(=O)N2CCOCC2)ccc1F. The van der Waals surface area contributed by atoms with Crippen molar-refractivity contribution in [3.05, 3.63) is 35.1 Å². The molecular weight excluding hydrogens is 261 g/mol. The molecule has 0 unspecified atom stereocenters. The summed E-state index contributed by atoms with van der Waals surface area (Å²) in [6, 6.07) is 4.27. The number of ether oxygens (including phenoxy) is 1. The highest BCUT2D eigenvalue weighted by Crippen LogP contribution is 2.12. The van der Waals surface area contributed by atoms with Crippen LogP contribution in [0.15, 0.2) is 18.2 Å². The first-order valence-electron chi connectivity index (χ1n) is 6.73. The lowest BCUT2D eigenvalue weighted by Gasteiger charge is -2.26. The van der Waals surface area contributed by atoms with Gasteiger partial charge in [0, 0.05) is 31.5 Å². The average molecular weight is 279 g/mol. The van der Waals surface area contributed by atoms with Crippen LogP contribution in [0.1, 0.15) is 28.8 Å². The first-order chi connectivity index (χ1) is 9.58. The highest BCUT2D eigenvalue weighted by Gasteiger charge is 2.18. The molecule has 20 heavy (non-hydrogen) atoms. The van der Waals surface area contributed by atoms with Crippen molar-refractivity contribution in [1.29, 1.82) is 0 Å². The molecule has 1 amide bonds. The molecular formula is C15H18FNO3. The average Bonchev–Trinajstić information content (AvgIpc) is 2.48. The number of ketones is 1. The molecule has 108 valence electrons. The number of hydrogen-bond donors (Lipinski definition) is 0. The Morgan fingerprint density at radius 1 is 1.25 bits per heavy atom. The zero-order chi connectivity index (χ0) is 14.5. The van der Waals surface area contributed by atoms with E-state index in [4.69, 9.17) is 4.74 Å². The normalized spacial score (nSPS) is 15.2. The molecule has 1 aliphatic heterocycles. The summed E-state index contributed by atoms with van der Waals surface area (Å²) in [5, 5.41) is 0. The van der Waals surface area contributed by atoms with Crippen molar-refractivity contribution in [1.82, 2.24) is 4.90 Å². The maximum Gasteiger partial charge on any atom is 0.223 e. The topological polar surface area (TPSA) is 46.6 Å². The van der Waals surface area contributed by atoms with Gasteiger partial charge in [-0.25, -0.2) is 4.39 Å². The molecule has 0 atom stereocenters. The van der Waals surface area contributed by atoms with Crippen molar-refractivity contribution in [2.75, 3.05) is 26.3 Å². The fourth-order valence-corrected chi connectivity index (χ4v) is 2.15. The van der Waals surface area contributed by atoms with Gasteiger partial charge in [0.1, 0.15) is 5.82 Å². The Balaban J connectivity index is 1.88. The molecule has 0 aliphatic carbocycles. The van der Waals surface area contributed by atoms with Gasteiger partial charge in [0.15, 0.2) is 5.78 Å². The highest BCUT2D eigenvalue weighted by atomic mass is 19.1. The van der Waals surface area contributed by atoms with Gasteiger partial charge in [-0.2, -0.15) is 0 Å². The minimum Gasteiger partial charge on any atom is -0.378 e. The molecule has 0 radical (unpaired) electrons. The maximum atomic E-state index is 13.1. The number of morpholine rings is 1. The molecule has 1 saturated heterocycles. The first-order valence-corrected chi connectivity index (χ1v) is 6.73. The second-order valence-electron chi connectivity index (χ2n) is 4.88. The Bertz CT molecular complexity index is 510. The lowest BCUT2D eigenvalue weighted by atomic mass is 10.0. The van der Waals surface area contributed by atoms with E-state index >= 15 is 0 Å². The van der Waals surface area contributed by atoms with Gasteiger partial charge in [0.2, 0.25) is 5.91 Å². The number of carbonyl (C=O) groups is 2. The van der Waals surface area contributed by atoms with Gasteiger partial charge in [-0.1, -0.05) is 0 Å². The number of aryl methyl sites for hydroxylation is 1. The van der Waals surface area contributed by atoms with E-state index < -0.39 is 0 Å². The zero-order valence-corrected chi connectivity index (χ0v) is 11.5. The molecule has 0 aromatic heterocycles. The zero-order valence-electron chi connectivity index (χ0n) is 11.5. The van der Waals surface area contributed by atoms with Crippen molar-refractivity contribution in [2.24, 2.45) is 0 Å². The van der Waals surface area contributed by atoms with Crippen molar-refractivity contribution < 1.29 is 18.7 Å². The van der Waals surface area contributed by atoms with Gasteiger partial charge < -0.3 is 9.64 Å². The van der Waals surface area contributed by atoms with Gasteiger partial charge in [0.05, 0.1) is 13.2 Å². The van der Waals surface area contributed by atoms with Crippen LogP contribution in [0, 0.1) is 12.7 Å². The molecule has 0 bridgehead atoms. The van der Waals surface area contributed by atoms with E-state index in [2.05, 4.69) is 0 Å². The Morgan fingerprint density at radius 2 is 1.95 bits per heavy atom. The van der Waals surface area contributed by atoms with Crippen molar-refractivity contribution in [3.63, 3.8) is 0 Å². The van der Waals surface area contributed by atoms with Crippen LogP contribution < -0.4 is 0 Å². The molecule has 4 nitrogen and oxygen atoms in total. The predicted octanol–water partition coefficient (Wildman–Crippen LogP) is 1.96. The van der Waals surface area contributed by atoms with E-state index in [1.165, 1.54) is 18.2 Å². The monoisotopic (exact) mass is 279 g/mol. The Hall–Kier alpha value is -1.75. The Morgan fingerprint density at radius 3 is 2.60 bits per heavy atom. The van der Waals surface area contributed by atoms with Gasteiger partial charge in [-0.3, -0.25) is 9.59 Å². The minimum atomic E-state index is -0.328. The largest absolute Gasteiger partial charge is 0.378 e. The quantitative estimate of drug-likeness (QED) is 0.791. The minimum absolute atomic E-state index is 0.0273. The van der Waals surface area contributed by atoms with E-state index in [0.29, 0.717) is 37.4 Å². The third kappa shape index (κ3) is 3.63. The maximum absolute atomic E-state index is 13.1. The molecule has 1 aromatic carbocycles. The van der Waals surface area contributed by atoms with Gasteiger partial charge in [-0.15, -0.1) is 0 Å². The van der Waals surface area contributed by atoms with Gasteiger partial charge in [-0.05, 0) is 30.7 Å². The Labute approximate surface area is 117 Å². The third-order valence-electron chi connectivity index (χ3n) is 3.41. The number of halogens is 1. The first kappa shape index (κ1) is 14.7. The van der Waals surface area contributed by atoms with E-state index in [-0.39, 0.29) is 30.3 Å². The smallest absolute Gasteiger partial charge is 0.223 e. The molecule has 1 aliphatic rings. The molecule has 0 N–H and O–H groups in total. The van der Waals surface area contributed by atoms with Crippen LogP contribution in [-0.2, 0) is 9.53 Å². The number of nitrogens with zero attached hydrogens (tertiary/aromatic N) is 1. The molecule has 0 saturated carbocycles. The van der Waals surface area contributed by atoms with Gasteiger partial charge in [0.25, 0.3) is 0 Å². The van der Waals surface area contributed by atoms with Crippen LogP contribution >= 0.6 is 0 Å². The number of benzene rings is 1. The van der Waals surface area contributed by atoms with Crippen molar-refractivity contribution >= 4 is 11.7 Å². The molecule has 1 fully saturated rings. The molecule has 5 heteroatoms. The van der Waals surface area contributed by atoms with Crippen LogP contribution in [0.4, 0.5) is 4.39 Å². The van der Waals surface area contributed by atoms with Crippen LogP contribution in [0.5, 0.6) is 0 Å².